The van der Waals surface area contributed by atoms with Gasteiger partial charge in [0, 0.05) is 0 Å². The lowest BCUT2D eigenvalue weighted by Gasteiger charge is -2.19. The Labute approximate surface area is 81.7 Å². The number of hydrogen-bond acceptors (Lipinski definition) is 0. The van der Waals surface area contributed by atoms with E-state index < -0.39 is 0 Å². The summed E-state index contributed by atoms with van der Waals surface area (Å²) in [7, 11) is 0. The van der Waals surface area contributed by atoms with Gasteiger partial charge < -0.3 is 0 Å². The lowest BCUT2D eigenvalue weighted by atomic mass is 9.87. The zero-order valence-corrected chi connectivity index (χ0v) is 8.79. The summed E-state index contributed by atoms with van der Waals surface area (Å²) in [6.45, 7) is 4.46. The number of rotatable bonds is 3. The second kappa shape index (κ2) is 3.69. The van der Waals surface area contributed by atoms with Crippen LogP contribution in [-0.2, 0) is 0 Å². The van der Waals surface area contributed by atoms with E-state index in [0.717, 1.165) is 17.8 Å². The van der Waals surface area contributed by atoms with Gasteiger partial charge in [0.2, 0.25) is 0 Å². The van der Waals surface area contributed by atoms with E-state index in [1.807, 2.05) is 0 Å². The molecule has 0 aromatic carbocycles. The molecule has 2 bridgehead atoms. The minimum absolute atomic E-state index is 0.923. The fourth-order valence-electron chi connectivity index (χ4n) is 2.93. The molecule has 0 heterocycles. The molecule has 2 rings (SSSR count). The molecule has 0 heteroatoms. The first-order chi connectivity index (χ1) is 6.33. The van der Waals surface area contributed by atoms with E-state index >= 15 is 0 Å². The quantitative estimate of drug-likeness (QED) is 0.571. The van der Waals surface area contributed by atoms with Crippen LogP contribution < -0.4 is 0 Å². The zero-order chi connectivity index (χ0) is 9.26. The second-order valence-corrected chi connectivity index (χ2v) is 4.54. The standard InChI is InChI=1S/C13H20/c1-3-10(4-2)7-13-9-11-5-6-12(13)8-11/h3,5-6,11-13H,4,7-9H2,1-2H3. The van der Waals surface area contributed by atoms with Crippen LogP contribution in [0.2, 0.25) is 0 Å². The fourth-order valence-corrected chi connectivity index (χ4v) is 2.93. The molecule has 0 radical (unpaired) electrons. The summed E-state index contributed by atoms with van der Waals surface area (Å²) in [6, 6.07) is 0. The minimum Gasteiger partial charge on any atom is -0.0885 e. The summed E-state index contributed by atoms with van der Waals surface area (Å²) in [4.78, 5) is 0. The summed E-state index contributed by atoms with van der Waals surface area (Å²) in [5.41, 5.74) is 1.66. The van der Waals surface area contributed by atoms with E-state index in [4.69, 9.17) is 0 Å². The molecule has 0 spiro atoms. The summed E-state index contributed by atoms with van der Waals surface area (Å²) in [5.74, 6) is 2.83. The van der Waals surface area contributed by atoms with E-state index in [2.05, 4.69) is 32.1 Å². The van der Waals surface area contributed by atoms with Crippen molar-refractivity contribution in [3.05, 3.63) is 23.8 Å². The predicted molar refractivity (Wildman–Crippen MR) is 57.5 cm³/mol. The normalized spacial score (nSPS) is 37.4. The zero-order valence-electron chi connectivity index (χ0n) is 8.79. The van der Waals surface area contributed by atoms with Crippen LogP contribution in [0, 0.1) is 17.8 Å². The lowest BCUT2D eigenvalue weighted by molar-refractivity contribution is 0.440. The van der Waals surface area contributed by atoms with Gasteiger partial charge >= 0.3 is 0 Å². The molecule has 3 atom stereocenters. The first kappa shape index (κ1) is 9.05. The van der Waals surface area contributed by atoms with Gasteiger partial charge in [0.05, 0.1) is 0 Å². The second-order valence-electron chi connectivity index (χ2n) is 4.54. The molecule has 3 unspecified atom stereocenters. The Morgan fingerprint density at radius 2 is 2.23 bits per heavy atom. The van der Waals surface area contributed by atoms with Crippen LogP contribution in [0.4, 0.5) is 0 Å². The number of fused-ring (bicyclic) bond motifs is 2. The fraction of sp³-hybridized carbons (Fsp3) is 0.692. The Hall–Kier alpha value is -0.520. The van der Waals surface area contributed by atoms with E-state index in [1.54, 1.807) is 5.57 Å². The van der Waals surface area contributed by atoms with Crippen molar-refractivity contribution in [3.8, 4) is 0 Å². The monoisotopic (exact) mass is 176 g/mol. The molecule has 0 aliphatic heterocycles. The van der Waals surface area contributed by atoms with Crippen LogP contribution in [0.3, 0.4) is 0 Å². The van der Waals surface area contributed by atoms with Gasteiger partial charge in [-0.05, 0) is 50.4 Å². The van der Waals surface area contributed by atoms with Gasteiger partial charge in [-0.1, -0.05) is 30.7 Å². The smallest absolute Gasteiger partial charge is 0.0196 e. The van der Waals surface area contributed by atoms with E-state index in [9.17, 15) is 0 Å². The molecular weight excluding hydrogens is 156 g/mol. The third kappa shape index (κ3) is 1.72. The average molecular weight is 176 g/mol. The van der Waals surface area contributed by atoms with Crippen LogP contribution in [0.1, 0.15) is 39.5 Å². The van der Waals surface area contributed by atoms with Crippen LogP contribution in [-0.4, -0.2) is 0 Å². The van der Waals surface area contributed by atoms with Gasteiger partial charge in [-0.2, -0.15) is 0 Å². The van der Waals surface area contributed by atoms with E-state index in [1.165, 1.54) is 25.7 Å². The SMILES string of the molecule is CC=C(CC)CC1CC2C=CC1C2. The maximum Gasteiger partial charge on any atom is -0.0196 e. The van der Waals surface area contributed by atoms with Crippen molar-refractivity contribution in [1.82, 2.24) is 0 Å². The molecule has 0 aromatic rings. The van der Waals surface area contributed by atoms with Crippen LogP contribution >= 0.6 is 0 Å². The molecule has 1 fully saturated rings. The third-order valence-corrected chi connectivity index (χ3v) is 3.80. The predicted octanol–water partition coefficient (Wildman–Crippen LogP) is 3.95. The van der Waals surface area contributed by atoms with Gasteiger partial charge in [-0.15, -0.1) is 0 Å². The molecule has 13 heavy (non-hydrogen) atoms. The molecular formula is C13H20. The van der Waals surface area contributed by atoms with Crippen molar-refractivity contribution in [3.63, 3.8) is 0 Å². The molecule has 2 aliphatic rings. The number of allylic oxidation sites excluding steroid dienone is 4. The lowest BCUT2D eigenvalue weighted by Crippen LogP contribution is -2.07. The molecule has 1 saturated carbocycles. The Morgan fingerprint density at radius 1 is 1.38 bits per heavy atom. The topological polar surface area (TPSA) is 0 Å². The van der Waals surface area contributed by atoms with Gasteiger partial charge in [0.15, 0.2) is 0 Å². The van der Waals surface area contributed by atoms with Gasteiger partial charge in [0.1, 0.15) is 0 Å². The van der Waals surface area contributed by atoms with Crippen molar-refractivity contribution >= 4 is 0 Å². The summed E-state index contributed by atoms with van der Waals surface area (Å²) in [6.07, 6.45) is 12.7. The highest BCUT2D eigenvalue weighted by atomic mass is 14.4. The third-order valence-electron chi connectivity index (χ3n) is 3.80. The molecule has 0 N–H and O–H groups in total. The van der Waals surface area contributed by atoms with Crippen LogP contribution in [0.15, 0.2) is 23.8 Å². The first-order valence-corrected chi connectivity index (χ1v) is 5.65. The van der Waals surface area contributed by atoms with Gasteiger partial charge in [-0.25, -0.2) is 0 Å². The van der Waals surface area contributed by atoms with Crippen molar-refractivity contribution in [2.24, 2.45) is 17.8 Å². The van der Waals surface area contributed by atoms with Gasteiger partial charge in [-0.3, -0.25) is 0 Å². The Kier molecular flexibility index (Phi) is 2.57. The van der Waals surface area contributed by atoms with Crippen molar-refractivity contribution in [2.45, 2.75) is 39.5 Å². The molecule has 0 aromatic heterocycles. The maximum absolute atomic E-state index is 2.46. The van der Waals surface area contributed by atoms with Crippen molar-refractivity contribution in [1.29, 1.82) is 0 Å². The summed E-state index contributed by atoms with van der Waals surface area (Å²) in [5, 5.41) is 0. The van der Waals surface area contributed by atoms with Crippen molar-refractivity contribution in [2.75, 3.05) is 0 Å². The highest BCUT2D eigenvalue weighted by molar-refractivity contribution is 5.13. The Balaban J connectivity index is 1.93. The molecule has 0 amide bonds. The largest absolute Gasteiger partial charge is 0.0885 e. The molecule has 72 valence electrons. The Bertz CT molecular complexity index is 234. The first-order valence-electron chi connectivity index (χ1n) is 5.65. The van der Waals surface area contributed by atoms with E-state index in [-0.39, 0.29) is 0 Å². The van der Waals surface area contributed by atoms with Gasteiger partial charge in [0.25, 0.3) is 0 Å². The average Bonchev–Trinajstić information content (AvgIpc) is 2.75. The number of hydrogen-bond donors (Lipinski definition) is 0. The highest BCUT2D eigenvalue weighted by Crippen LogP contribution is 2.46. The molecule has 2 aliphatic carbocycles. The van der Waals surface area contributed by atoms with E-state index in [0.29, 0.717) is 0 Å². The maximum atomic E-state index is 2.46. The summed E-state index contributed by atoms with van der Waals surface area (Å²) >= 11 is 0. The Morgan fingerprint density at radius 3 is 2.69 bits per heavy atom. The minimum atomic E-state index is 0.923. The summed E-state index contributed by atoms with van der Waals surface area (Å²) < 4.78 is 0. The highest BCUT2D eigenvalue weighted by Gasteiger charge is 2.35. The molecule has 0 saturated heterocycles. The van der Waals surface area contributed by atoms with Crippen molar-refractivity contribution < 1.29 is 0 Å². The molecule has 0 nitrogen and oxygen atoms in total. The van der Waals surface area contributed by atoms with Crippen LogP contribution in [0.5, 0.6) is 0 Å². The van der Waals surface area contributed by atoms with Crippen LogP contribution in [0.25, 0.3) is 0 Å².